The number of amides is 1. The average Bonchev–Trinajstić information content (AvgIpc) is 2.73. The molecule has 2 aliphatic rings. The van der Waals surface area contributed by atoms with Crippen LogP contribution in [0.25, 0.3) is 0 Å². The van der Waals surface area contributed by atoms with Crippen molar-refractivity contribution in [3.63, 3.8) is 0 Å². The van der Waals surface area contributed by atoms with Gasteiger partial charge in [0.05, 0.1) is 6.54 Å². The summed E-state index contributed by atoms with van der Waals surface area (Å²) >= 11 is 5.92. The van der Waals surface area contributed by atoms with Crippen LogP contribution in [0.4, 0.5) is 4.79 Å². The lowest BCUT2D eigenvalue weighted by Crippen LogP contribution is -2.27. The molecule has 15 heavy (non-hydrogen) atoms. The van der Waals surface area contributed by atoms with Gasteiger partial charge >= 0.3 is 6.09 Å². The van der Waals surface area contributed by atoms with Gasteiger partial charge in [-0.15, -0.1) is 0 Å². The molecular weight excluding hydrogens is 214 g/mol. The molecule has 1 spiro atoms. The Morgan fingerprint density at radius 2 is 2.33 bits per heavy atom. The molecule has 1 atom stereocenters. The highest BCUT2D eigenvalue weighted by atomic mass is 35.5. The SMILES string of the molecule is O=C1NCC2(CCc3cc(Cl)ccc32)O1. The van der Waals surface area contributed by atoms with E-state index in [0.29, 0.717) is 6.54 Å². The summed E-state index contributed by atoms with van der Waals surface area (Å²) in [6.45, 7) is 0.570. The Morgan fingerprint density at radius 3 is 3.07 bits per heavy atom. The summed E-state index contributed by atoms with van der Waals surface area (Å²) < 4.78 is 5.38. The minimum absolute atomic E-state index is 0.321. The number of carbonyl (C=O) groups excluding carboxylic acids is 1. The standard InChI is InChI=1S/C11H10ClNO2/c12-8-1-2-9-7(5-8)3-4-11(9)6-13-10(14)15-11/h1-2,5H,3-4,6H2,(H,13,14). The van der Waals surface area contributed by atoms with Crippen LogP contribution in [0.5, 0.6) is 0 Å². The Balaban J connectivity index is 2.08. The van der Waals surface area contributed by atoms with Gasteiger partial charge in [-0.1, -0.05) is 17.7 Å². The van der Waals surface area contributed by atoms with Gasteiger partial charge in [-0.25, -0.2) is 4.79 Å². The number of rotatable bonds is 0. The Bertz CT molecular complexity index is 446. The van der Waals surface area contributed by atoms with Crippen molar-refractivity contribution < 1.29 is 9.53 Å². The van der Waals surface area contributed by atoms with Gasteiger partial charge in [0, 0.05) is 10.6 Å². The summed E-state index contributed by atoms with van der Waals surface area (Å²) in [7, 11) is 0. The van der Waals surface area contributed by atoms with Crippen LogP contribution >= 0.6 is 11.6 Å². The van der Waals surface area contributed by atoms with Gasteiger partial charge in [0.25, 0.3) is 0 Å². The molecule has 0 radical (unpaired) electrons. The van der Waals surface area contributed by atoms with Gasteiger partial charge in [0.2, 0.25) is 0 Å². The normalized spacial score (nSPS) is 27.7. The predicted molar refractivity (Wildman–Crippen MR) is 55.9 cm³/mol. The van der Waals surface area contributed by atoms with Crippen LogP contribution in [0.2, 0.25) is 5.02 Å². The van der Waals surface area contributed by atoms with Gasteiger partial charge < -0.3 is 10.1 Å². The summed E-state index contributed by atoms with van der Waals surface area (Å²) in [5.41, 5.74) is 1.86. The zero-order valence-electron chi connectivity index (χ0n) is 8.05. The van der Waals surface area contributed by atoms with Crippen molar-refractivity contribution in [1.29, 1.82) is 0 Å². The Kier molecular flexibility index (Phi) is 1.74. The van der Waals surface area contributed by atoms with Crippen molar-refractivity contribution >= 4 is 17.7 Å². The maximum absolute atomic E-state index is 11.1. The zero-order valence-corrected chi connectivity index (χ0v) is 8.80. The molecule has 78 valence electrons. The molecule has 1 aromatic rings. The second-order valence-electron chi connectivity index (χ2n) is 4.04. The predicted octanol–water partition coefficient (Wildman–Crippen LogP) is 2.22. The van der Waals surface area contributed by atoms with Crippen LogP contribution in [0.1, 0.15) is 17.5 Å². The molecule has 1 fully saturated rings. The van der Waals surface area contributed by atoms with E-state index in [1.807, 2.05) is 18.2 Å². The third-order valence-corrected chi connectivity index (χ3v) is 3.40. The number of fused-ring (bicyclic) bond motifs is 2. The third kappa shape index (κ3) is 1.23. The van der Waals surface area contributed by atoms with E-state index < -0.39 is 5.60 Å². The molecule has 0 bridgehead atoms. The molecule has 3 rings (SSSR count). The number of aryl methyl sites for hydroxylation is 1. The molecule has 1 N–H and O–H groups in total. The number of hydrogen-bond donors (Lipinski definition) is 1. The Hall–Kier alpha value is -1.22. The molecule has 1 unspecified atom stereocenters. The highest BCUT2D eigenvalue weighted by molar-refractivity contribution is 6.30. The zero-order chi connectivity index (χ0) is 10.5. The number of carbonyl (C=O) groups is 1. The first-order chi connectivity index (χ1) is 7.20. The van der Waals surface area contributed by atoms with Gasteiger partial charge in [-0.05, 0) is 30.5 Å². The summed E-state index contributed by atoms with van der Waals surface area (Å²) in [5, 5.41) is 3.45. The first-order valence-electron chi connectivity index (χ1n) is 4.95. The molecule has 1 aliphatic carbocycles. The van der Waals surface area contributed by atoms with E-state index in [1.54, 1.807) is 0 Å². The topological polar surface area (TPSA) is 38.3 Å². The second-order valence-corrected chi connectivity index (χ2v) is 4.48. The highest BCUT2D eigenvalue weighted by Gasteiger charge is 2.46. The van der Waals surface area contributed by atoms with Crippen LogP contribution in [0.3, 0.4) is 0 Å². The second kappa shape index (κ2) is 2.89. The largest absolute Gasteiger partial charge is 0.436 e. The quantitative estimate of drug-likeness (QED) is 0.733. The van der Waals surface area contributed by atoms with Crippen molar-refractivity contribution in [2.45, 2.75) is 18.4 Å². The summed E-state index contributed by atoms with van der Waals surface area (Å²) in [6.07, 6.45) is 1.45. The van der Waals surface area contributed by atoms with E-state index in [1.165, 1.54) is 5.56 Å². The van der Waals surface area contributed by atoms with Gasteiger partial charge in [-0.2, -0.15) is 0 Å². The number of hydrogen-bond acceptors (Lipinski definition) is 2. The van der Waals surface area contributed by atoms with Crippen LogP contribution in [0, 0.1) is 0 Å². The lowest BCUT2D eigenvalue weighted by molar-refractivity contribution is 0.0561. The number of ether oxygens (including phenoxy) is 1. The minimum atomic E-state index is -0.434. The van der Waals surface area contributed by atoms with Crippen LogP contribution in [0.15, 0.2) is 18.2 Å². The fourth-order valence-electron chi connectivity index (χ4n) is 2.44. The smallest absolute Gasteiger partial charge is 0.408 e. The van der Waals surface area contributed by atoms with E-state index in [0.717, 1.165) is 23.4 Å². The van der Waals surface area contributed by atoms with E-state index in [2.05, 4.69) is 5.32 Å². The van der Waals surface area contributed by atoms with Crippen LogP contribution < -0.4 is 5.32 Å². The molecule has 1 saturated heterocycles. The monoisotopic (exact) mass is 223 g/mol. The molecule has 1 aliphatic heterocycles. The maximum atomic E-state index is 11.1. The van der Waals surface area contributed by atoms with Crippen LogP contribution in [-0.4, -0.2) is 12.6 Å². The lowest BCUT2D eigenvalue weighted by Gasteiger charge is -2.21. The summed E-state index contributed by atoms with van der Waals surface area (Å²) in [5.74, 6) is 0. The number of halogens is 1. The molecule has 1 aromatic carbocycles. The molecule has 1 amide bonds. The number of alkyl carbamates (subject to hydrolysis) is 1. The van der Waals surface area contributed by atoms with Gasteiger partial charge in [0.15, 0.2) is 5.60 Å². The molecule has 0 saturated carbocycles. The van der Waals surface area contributed by atoms with Crippen molar-refractivity contribution in [1.82, 2.24) is 5.32 Å². The first-order valence-corrected chi connectivity index (χ1v) is 5.33. The average molecular weight is 224 g/mol. The molecule has 0 aromatic heterocycles. The van der Waals surface area contributed by atoms with Crippen molar-refractivity contribution in [2.24, 2.45) is 0 Å². The molecule has 1 heterocycles. The summed E-state index contributed by atoms with van der Waals surface area (Å²) in [6, 6.07) is 5.77. The van der Waals surface area contributed by atoms with Gasteiger partial charge in [-0.3, -0.25) is 0 Å². The Labute approximate surface area is 92.4 Å². The van der Waals surface area contributed by atoms with Crippen molar-refractivity contribution in [2.75, 3.05) is 6.54 Å². The lowest BCUT2D eigenvalue weighted by atomic mass is 9.96. The molecular formula is C11H10ClNO2. The molecule has 3 nitrogen and oxygen atoms in total. The Morgan fingerprint density at radius 1 is 1.47 bits per heavy atom. The van der Waals surface area contributed by atoms with E-state index in [9.17, 15) is 4.79 Å². The number of nitrogens with one attached hydrogen (secondary N) is 1. The highest BCUT2D eigenvalue weighted by Crippen LogP contribution is 2.42. The molecule has 4 heteroatoms. The van der Waals surface area contributed by atoms with E-state index in [4.69, 9.17) is 16.3 Å². The van der Waals surface area contributed by atoms with Crippen molar-refractivity contribution in [3.8, 4) is 0 Å². The third-order valence-electron chi connectivity index (χ3n) is 3.16. The van der Waals surface area contributed by atoms with Gasteiger partial charge in [0.1, 0.15) is 0 Å². The van der Waals surface area contributed by atoms with Crippen molar-refractivity contribution in [3.05, 3.63) is 34.3 Å². The van der Waals surface area contributed by atoms with E-state index >= 15 is 0 Å². The van der Waals surface area contributed by atoms with E-state index in [-0.39, 0.29) is 6.09 Å². The first kappa shape index (κ1) is 9.04. The maximum Gasteiger partial charge on any atom is 0.408 e. The number of benzene rings is 1. The fraction of sp³-hybridized carbons (Fsp3) is 0.364. The summed E-state index contributed by atoms with van der Waals surface area (Å²) in [4.78, 5) is 11.1. The van der Waals surface area contributed by atoms with Crippen LogP contribution in [-0.2, 0) is 16.8 Å². The minimum Gasteiger partial charge on any atom is -0.436 e. The fourth-order valence-corrected chi connectivity index (χ4v) is 2.63.